The second kappa shape index (κ2) is 5.04. The molecule has 0 N–H and O–H groups in total. The lowest BCUT2D eigenvalue weighted by atomic mass is 10.00. The summed E-state index contributed by atoms with van der Waals surface area (Å²) >= 11 is 0. The van der Waals surface area contributed by atoms with Crippen LogP contribution in [0.25, 0.3) is 5.57 Å². The van der Waals surface area contributed by atoms with E-state index in [0.29, 0.717) is 24.4 Å². The molecule has 1 aliphatic rings. The van der Waals surface area contributed by atoms with Crippen LogP contribution in [-0.2, 0) is 6.18 Å². The van der Waals surface area contributed by atoms with Gasteiger partial charge in [0, 0.05) is 6.20 Å². The van der Waals surface area contributed by atoms with Gasteiger partial charge in [-0.3, -0.25) is 4.98 Å². The molecule has 0 saturated carbocycles. The van der Waals surface area contributed by atoms with Gasteiger partial charge in [-0.2, -0.15) is 26.3 Å². The SMILES string of the molecule is FC1C=C(C(F)(F)F)C=C=C1c1ccc(C(F)(F)F)cn1. The number of halogens is 7. The molecular weight excluding hydrogens is 303 g/mol. The van der Waals surface area contributed by atoms with Crippen molar-refractivity contribution in [3.63, 3.8) is 0 Å². The number of alkyl halides is 7. The Kier molecular flexibility index (Phi) is 3.67. The van der Waals surface area contributed by atoms with Gasteiger partial charge >= 0.3 is 12.4 Å². The van der Waals surface area contributed by atoms with Gasteiger partial charge in [-0.15, -0.1) is 5.73 Å². The topological polar surface area (TPSA) is 12.9 Å². The molecular formula is C13H6F7N. The minimum absolute atomic E-state index is 0.204. The molecule has 0 aliphatic heterocycles. The van der Waals surface area contributed by atoms with Crippen LogP contribution in [0.1, 0.15) is 11.3 Å². The highest BCUT2D eigenvalue weighted by Gasteiger charge is 2.35. The smallest absolute Gasteiger partial charge is 0.255 e. The van der Waals surface area contributed by atoms with Crippen LogP contribution in [0.5, 0.6) is 0 Å². The summed E-state index contributed by atoms with van der Waals surface area (Å²) < 4.78 is 87.8. The summed E-state index contributed by atoms with van der Waals surface area (Å²) in [6, 6.07) is 1.56. The van der Waals surface area contributed by atoms with E-state index in [1.165, 1.54) is 0 Å². The molecule has 1 atom stereocenters. The summed E-state index contributed by atoms with van der Waals surface area (Å²) in [6.45, 7) is 0. The summed E-state index contributed by atoms with van der Waals surface area (Å²) in [5, 5.41) is 0. The van der Waals surface area contributed by atoms with Crippen molar-refractivity contribution in [3.05, 3.63) is 53.0 Å². The average Bonchev–Trinajstić information content (AvgIpc) is 2.36. The quantitative estimate of drug-likeness (QED) is 0.550. The van der Waals surface area contributed by atoms with Crippen LogP contribution in [-0.4, -0.2) is 17.3 Å². The lowest BCUT2D eigenvalue weighted by molar-refractivity contribution is -0.137. The molecule has 0 radical (unpaired) electrons. The third kappa shape index (κ3) is 3.33. The van der Waals surface area contributed by atoms with Gasteiger partial charge in [0.15, 0.2) is 6.17 Å². The first-order chi connectivity index (χ1) is 9.59. The van der Waals surface area contributed by atoms with Gasteiger partial charge in [-0.1, -0.05) is 0 Å². The summed E-state index contributed by atoms with van der Waals surface area (Å²) in [5.41, 5.74) is -0.707. The number of hydrogen-bond donors (Lipinski definition) is 0. The van der Waals surface area contributed by atoms with Crippen molar-refractivity contribution >= 4 is 5.57 Å². The molecule has 2 rings (SSSR count). The highest BCUT2D eigenvalue weighted by atomic mass is 19.4. The van der Waals surface area contributed by atoms with Gasteiger partial charge < -0.3 is 0 Å². The van der Waals surface area contributed by atoms with Crippen LogP contribution in [0.2, 0.25) is 0 Å². The van der Waals surface area contributed by atoms with E-state index in [-0.39, 0.29) is 11.3 Å². The number of hydrogen-bond acceptors (Lipinski definition) is 1. The van der Waals surface area contributed by atoms with Crippen LogP contribution in [0.3, 0.4) is 0 Å². The van der Waals surface area contributed by atoms with Gasteiger partial charge in [-0.25, -0.2) is 4.39 Å². The van der Waals surface area contributed by atoms with Gasteiger partial charge in [0.25, 0.3) is 0 Å². The second-order valence-corrected chi connectivity index (χ2v) is 4.15. The van der Waals surface area contributed by atoms with E-state index in [1.807, 2.05) is 0 Å². The van der Waals surface area contributed by atoms with Gasteiger partial charge in [0.2, 0.25) is 0 Å². The van der Waals surface area contributed by atoms with Crippen molar-refractivity contribution in [2.75, 3.05) is 0 Å². The van der Waals surface area contributed by atoms with Crippen LogP contribution in [0.15, 0.2) is 41.8 Å². The van der Waals surface area contributed by atoms with Crippen molar-refractivity contribution in [1.29, 1.82) is 0 Å². The van der Waals surface area contributed by atoms with Gasteiger partial charge in [-0.05, 0) is 24.3 Å². The Morgan fingerprint density at radius 1 is 1.00 bits per heavy atom. The lowest BCUT2D eigenvalue weighted by Gasteiger charge is -2.15. The predicted octanol–water partition coefficient (Wildman–Crippen LogP) is 4.48. The number of aromatic nitrogens is 1. The van der Waals surface area contributed by atoms with Crippen molar-refractivity contribution < 1.29 is 30.7 Å². The molecule has 112 valence electrons. The zero-order valence-electron chi connectivity index (χ0n) is 10.1. The third-order valence-corrected chi connectivity index (χ3v) is 2.68. The Labute approximate surface area is 114 Å². The highest BCUT2D eigenvalue weighted by Crippen LogP contribution is 2.33. The van der Waals surface area contributed by atoms with Crippen molar-refractivity contribution in [3.8, 4) is 0 Å². The van der Waals surface area contributed by atoms with E-state index in [0.717, 1.165) is 6.07 Å². The van der Waals surface area contributed by atoms with E-state index < -0.39 is 29.7 Å². The Bertz CT molecular complexity index is 628. The van der Waals surface area contributed by atoms with Crippen molar-refractivity contribution in [1.82, 2.24) is 4.98 Å². The molecule has 0 spiro atoms. The number of nitrogens with zero attached hydrogens (tertiary/aromatic N) is 1. The summed E-state index contributed by atoms with van der Waals surface area (Å²) in [7, 11) is 0. The molecule has 0 amide bonds. The molecule has 1 unspecified atom stereocenters. The largest absolute Gasteiger partial charge is 0.417 e. The van der Waals surface area contributed by atoms with Crippen LogP contribution in [0.4, 0.5) is 30.7 Å². The molecule has 8 heteroatoms. The molecule has 0 aromatic carbocycles. The Morgan fingerprint density at radius 3 is 2.10 bits per heavy atom. The van der Waals surface area contributed by atoms with E-state index in [4.69, 9.17) is 0 Å². The maximum absolute atomic E-state index is 13.7. The molecule has 0 bridgehead atoms. The Hall–Kier alpha value is -2.08. The predicted molar refractivity (Wildman–Crippen MR) is 59.8 cm³/mol. The Morgan fingerprint density at radius 2 is 1.67 bits per heavy atom. The number of allylic oxidation sites excluding steroid dienone is 3. The maximum Gasteiger partial charge on any atom is 0.417 e. The molecule has 0 saturated heterocycles. The van der Waals surface area contributed by atoms with E-state index >= 15 is 0 Å². The Balaban J connectivity index is 2.34. The molecule has 1 heterocycles. The van der Waals surface area contributed by atoms with Crippen LogP contribution >= 0.6 is 0 Å². The summed E-state index contributed by atoms with van der Waals surface area (Å²) in [4.78, 5) is 3.42. The minimum atomic E-state index is -4.71. The first kappa shape index (κ1) is 15.3. The summed E-state index contributed by atoms with van der Waals surface area (Å²) in [5.74, 6) is 0. The van der Waals surface area contributed by atoms with E-state index in [9.17, 15) is 30.7 Å². The zero-order chi connectivity index (χ0) is 15.8. The molecule has 1 aromatic rings. The fourth-order valence-corrected chi connectivity index (χ4v) is 1.64. The highest BCUT2D eigenvalue weighted by molar-refractivity contribution is 5.70. The normalized spacial score (nSPS) is 19.3. The maximum atomic E-state index is 13.7. The third-order valence-electron chi connectivity index (χ3n) is 2.68. The molecule has 1 aromatic heterocycles. The van der Waals surface area contributed by atoms with Crippen molar-refractivity contribution in [2.45, 2.75) is 18.5 Å². The van der Waals surface area contributed by atoms with E-state index in [1.54, 1.807) is 0 Å². The first-order valence-corrected chi connectivity index (χ1v) is 5.52. The van der Waals surface area contributed by atoms with Gasteiger partial charge in [0.05, 0.1) is 22.4 Å². The molecule has 1 nitrogen and oxygen atoms in total. The van der Waals surface area contributed by atoms with Gasteiger partial charge in [0.1, 0.15) is 0 Å². The average molecular weight is 309 g/mol. The fraction of sp³-hybridized carbons (Fsp3) is 0.231. The standard InChI is InChI=1S/C13H6F7N/c14-10-5-7(12(15,16)17)1-3-9(10)11-4-2-8(6-21-11)13(18,19)20/h1-2,4-6,10H. The zero-order valence-corrected chi connectivity index (χ0v) is 10.1. The molecule has 21 heavy (non-hydrogen) atoms. The van der Waals surface area contributed by atoms with Crippen LogP contribution in [0, 0.1) is 0 Å². The lowest BCUT2D eigenvalue weighted by Crippen LogP contribution is -2.15. The number of rotatable bonds is 1. The van der Waals surface area contributed by atoms with Crippen molar-refractivity contribution in [2.24, 2.45) is 0 Å². The minimum Gasteiger partial charge on any atom is -0.255 e. The van der Waals surface area contributed by atoms with E-state index in [2.05, 4.69) is 10.7 Å². The first-order valence-electron chi connectivity index (χ1n) is 5.52. The van der Waals surface area contributed by atoms with Crippen LogP contribution < -0.4 is 0 Å². The monoisotopic (exact) mass is 309 g/mol. The molecule has 1 aliphatic carbocycles. The molecule has 0 fully saturated rings. The fourth-order valence-electron chi connectivity index (χ4n) is 1.64. The second-order valence-electron chi connectivity index (χ2n) is 4.15. The number of pyridine rings is 1. The summed E-state index contributed by atoms with van der Waals surface area (Å²) in [6.07, 6.45) is -10.1.